The Kier molecular flexibility index (Phi) is 4.65. The molecule has 0 atom stereocenters. The van der Waals surface area contributed by atoms with Crippen molar-refractivity contribution in [2.24, 2.45) is 4.99 Å². The molecule has 25 heavy (non-hydrogen) atoms. The molecule has 0 unspecified atom stereocenters. The number of hydrogen-bond acceptors (Lipinski definition) is 5. The second-order valence-corrected chi connectivity index (χ2v) is 6.90. The lowest BCUT2D eigenvalue weighted by atomic mass is 10.2. The smallest absolute Gasteiger partial charge is 0.231 e. The van der Waals surface area contributed by atoms with E-state index < -0.39 is 0 Å². The quantitative estimate of drug-likeness (QED) is 0.674. The van der Waals surface area contributed by atoms with Crippen molar-refractivity contribution in [3.8, 4) is 11.5 Å². The number of benzene rings is 1. The summed E-state index contributed by atoms with van der Waals surface area (Å²) >= 11 is 1.80. The first kappa shape index (κ1) is 16.1. The lowest BCUT2D eigenvalue weighted by molar-refractivity contribution is 0.173. The predicted molar refractivity (Wildman–Crippen MR) is 101 cm³/mol. The zero-order chi connectivity index (χ0) is 17.1. The van der Waals surface area contributed by atoms with Crippen molar-refractivity contribution >= 4 is 22.3 Å². The Balaban J connectivity index is 1.35. The maximum atomic E-state index is 5.58. The van der Waals surface area contributed by atoms with E-state index in [1.807, 2.05) is 19.2 Å². The Morgan fingerprint density at radius 3 is 2.80 bits per heavy atom. The van der Waals surface area contributed by atoms with E-state index in [1.54, 1.807) is 11.3 Å². The summed E-state index contributed by atoms with van der Waals surface area (Å²) in [6, 6.07) is 10.3. The Morgan fingerprint density at radius 1 is 1.16 bits per heavy atom. The first-order chi connectivity index (χ1) is 12.3. The molecule has 132 valence electrons. The number of para-hydroxylation sites is 1. The lowest BCUT2D eigenvalue weighted by Gasteiger charge is -2.37. The SMILES string of the molecule is CN=C(NCc1cccc2c1OCO2)N1CCN(c2cccs2)CC1. The van der Waals surface area contributed by atoms with Gasteiger partial charge in [0.25, 0.3) is 0 Å². The molecule has 7 heteroatoms. The summed E-state index contributed by atoms with van der Waals surface area (Å²) in [6.45, 7) is 4.92. The van der Waals surface area contributed by atoms with Gasteiger partial charge in [-0.15, -0.1) is 11.3 Å². The van der Waals surface area contributed by atoms with Crippen LogP contribution < -0.4 is 19.7 Å². The van der Waals surface area contributed by atoms with E-state index in [2.05, 4.69) is 43.7 Å². The molecule has 2 aliphatic heterocycles. The molecule has 0 bridgehead atoms. The van der Waals surface area contributed by atoms with Crippen molar-refractivity contribution < 1.29 is 9.47 Å². The summed E-state index contributed by atoms with van der Waals surface area (Å²) in [5.41, 5.74) is 1.09. The van der Waals surface area contributed by atoms with Crippen LogP contribution in [0.5, 0.6) is 11.5 Å². The van der Waals surface area contributed by atoms with Crippen LogP contribution >= 0.6 is 11.3 Å². The van der Waals surface area contributed by atoms with E-state index in [9.17, 15) is 0 Å². The lowest BCUT2D eigenvalue weighted by Crippen LogP contribution is -2.52. The fraction of sp³-hybridized carbons (Fsp3) is 0.389. The minimum absolute atomic E-state index is 0.297. The molecule has 6 nitrogen and oxygen atoms in total. The number of nitrogens with zero attached hydrogens (tertiary/aromatic N) is 3. The number of aliphatic imine (C=N–C) groups is 1. The number of piperazine rings is 1. The van der Waals surface area contributed by atoms with Crippen LogP contribution in [0.15, 0.2) is 40.7 Å². The van der Waals surface area contributed by atoms with E-state index in [4.69, 9.17) is 9.47 Å². The van der Waals surface area contributed by atoms with Crippen LogP contribution in [-0.4, -0.2) is 50.9 Å². The van der Waals surface area contributed by atoms with Gasteiger partial charge < -0.3 is 24.6 Å². The molecule has 0 spiro atoms. The molecule has 1 aromatic carbocycles. The molecule has 1 saturated heterocycles. The van der Waals surface area contributed by atoms with Gasteiger partial charge in [0.1, 0.15) is 0 Å². The molecule has 0 aliphatic carbocycles. The van der Waals surface area contributed by atoms with Crippen LogP contribution in [-0.2, 0) is 6.54 Å². The van der Waals surface area contributed by atoms with Gasteiger partial charge in [-0.3, -0.25) is 4.99 Å². The van der Waals surface area contributed by atoms with Crippen LogP contribution in [0.1, 0.15) is 5.56 Å². The van der Waals surface area contributed by atoms with Gasteiger partial charge in [0.2, 0.25) is 6.79 Å². The molecular weight excluding hydrogens is 336 g/mol. The van der Waals surface area contributed by atoms with E-state index in [0.717, 1.165) is 49.2 Å². The van der Waals surface area contributed by atoms with Crippen molar-refractivity contribution in [2.45, 2.75) is 6.54 Å². The normalized spacial score (nSPS) is 17.1. The molecule has 2 aliphatic rings. The third-order valence-corrected chi connectivity index (χ3v) is 5.45. The number of nitrogens with one attached hydrogen (secondary N) is 1. The Morgan fingerprint density at radius 2 is 2.04 bits per heavy atom. The van der Waals surface area contributed by atoms with E-state index in [1.165, 1.54) is 5.00 Å². The molecule has 3 heterocycles. The Bertz CT molecular complexity index is 740. The number of guanidine groups is 1. The topological polar surface area (TPSA) is 49.3 Å². The van der Waals surface area contributed by atoms with Gasteiger partial charge in [-0.05, 0) is 23.6 Å². The zero-order valence-corrected chi connectivity index (χ0v) is 15.1. The summed E-state index contributed by atoms with van der Waals surface area (Å²) in [5.74, 6) is 2.59. The zero-order valence-electron chi connectivity index (χ0n) is 14.3. The second kappa shape index (κ2) is 7.23. The van der Waals surface area contributed by atoms with Gasteiger partial charge in [-0.25, -0.2) is 0 Å². The van der Waals surface area contributed by atoms with E-state index in [-0.39, 0.29) is 0 Å². The fourth-order valence-electron chi connectivity index (χ4n) is 3.22. The molecule has 0 saturated carbocycles. The number of hydrogen-bond donors (Lipinski definition) is 1. The average Bonchev–Trinajstić information content (AvgIpc) is 3.35. The van der Waals surface area contributed by atoms with Crippen LogP contribution in [0.4, 0.5) is 5.00 Å². The monoisotopic (exact) mass is 358 g/mol. The third kappa shape index (κ3) is 3.37. The first-order valence-electron chi connectivity index (χ1n) is 8.46. The molecule has 2 aromatic rings. The minimum Gasteiger partial charge on any atom is -0.454 e. The maximum absolute atomic E-state index is 5.58. The maximum Gasteiger partial charge on any atom is 0.231 e. The Hall–Kier alpha value is -2.41. The van der Waals surface area contributed by atoms with E-state index >= 15 is 0 Å². The first-order valence-corrected chi connectivity index (χ1v) is 9.34. The fourth-order valence-corrected chi connectivity index (χ4v) is 4.01. The summed E-state index contributed by atoms with van der Waals surface area (Å²) in [6.07, 6.45) is 0. The molecule has 4 rings (SSSR count). The van der Waals surface area contributed by atoms with Crippen molar-refractivity contribution in [3.63, 3.8) is 0 Å². The van der Waals surface area contributed by atoms with E-state index in [0.29, 0.717) is 13.3 Å². The second-order valence-electron chi connectivity index (χ2n) is 5.98. The van der Waals surface area contributed by atoms with Crippen molar-refractivity contribution in [1.29, 1.82) is 0 Å². The summed E-state index contributed by atoms with van der Waals surface area (Å²) in [4.78, 5) is 9.20. The highest BCUT2D eigenvalue weighted by molar-refractivity contribution is 7.14. The van der Waals surface area contributed by atoms with Crippen LogP contribution in [0.3, 0.4) is 0 Å². The number of anilines is 1. The highest BCUT2D eigenvalue weighted by Crippen LogP contribution is 2.35. The standard InChI is InChI=1S/C18H22N4O2S/c1-19-18(20-12-14-4-2-5-15-17(14)24-13-23-15)22-9-7-21(8-10-22)16-6-3-11-25-16/h2-6,11H,7-10,12-13H2,1H3,(H,19,20). The number of ether oxygens (including phenoxy) is 2. The highest BCUT2D eigenvalue weighted by Gasteiger charge is 2.21. The van der Waals surface area contributed by atoms with Gasteiger partial charge >= 0.3 is 0 Å². The molecular formula is C18H22N4O2S. The molecule has 0 radical (unpaired) electrons. The van der Waals surface area contributed by atoms with Gasteiger partial charge in [0.15, 0.2) is 17.5 Å². The van der Waals surface area contributed by atoms with Crippen molar-refractivity contribution in [2.75, 3.05) is 44.9 Å². The minimum atomic E-state index is 0.297. The van der Waals surface area contributed by atoms with Crippen LogP contribution in [0.25, 0.3) is 0 Å². The number of fused-ring (bicyclic) bond motifs is 1. The molecule has 1 aromatic heterocycles. The van der Waals surface area contributed by atoms with Crippen LogP contribution in [0.2, 0.25) is 0 Å². The summed E-state index contributed by atoms with van der Waals surface area (Å²) in [7, 11) is 1.84. The molecule has 1 N–H and O–H groups in total. The van der Waals surface area contributed by atoms with Gasteiger partial charge in [0.05, 0.1) is 5.00 Å². The third-order valence-electron chi connectivity index (χ3n) is 4.52. The van der Waals surface area contributed by atoms with Crippen LogP contribution in [0, 0.1) is 0 Å². The summed E-state index contributed by atoms with van der Waals surface area (Å²) < 4.78 is 11.0. The number of rotatable bonds is 3. The van der Waals surface area contributed by atoms with Crippen molar-refractivity contribution in [3.05, 3.63) is 41.3 Å². The highest BCUT2D eigenvalue weighted by atomic mass is 32.1. The molecule has 0 amide bonds. The van der Waals surface area contributed by atoms with Gasteiger partial charge in [-0.2, -0.15) is 0 Å². The largest absolute Gasteiger partial charge is 0.454 e. The van der Waals surface area contributed by atoms with Gasteiger partial charge in [0, 0.05) is 45.3 Å². The predicted octanol–water partition coefficient (Wildman–Crippen LogP) is 2.37. The average molecular weight is 358 g/mol. The van der Waals surface area contributed by atoms with Gasteiger partial charge in [-0.1, -0.05) is 12.1 Å². The Labute approximate surface area is 151 Å². The van der Waals surface area contributed by atoms with Crippen molar-refractivity contribution in [1.82, 2.24) is 10.2 Å². The molecule has 1 fully saturated rings. The summed E-state index contributed by atoms with van der Waals surface area (Å²) in [5, 5.41) is 6.94. The number of thiophene rings is 1.